The summed E-state index contributed by atoms with van der Waals surface area (Å²) in [7, 11) is 0. The smallest absolute Gasteiger partial charge is 0.223 e. The van der Waals surface area contributed by atoms with Crippen LogP contribution in [0.25, 0.3) is 0 Å². The minimum Gasteiger partial charge on any atom is -0.356 e. The van der Waals surface area contributed by atoms with Crippen molar-refractivity contribution < 1.29 is 4.79 Å². The molecule has 1 aliphatic rings. The number of amides is 1. The fraction of sp³-hybridized carbons (Fsp3) is 0.750. The number of rotatable bonds is 2. The summed E-state index contributed by atoms with van der Waals surface area (Å²) in [6.07, 6.45) is 4.59. The van der Waals surface area contributed by atoms with E-state index in [9.17, 15) is 4.79 Å². The minimum absolute atomic E-state index is 0.201. The van der Waals surface area contributed by atoms with Gasteiger partial charge in [0.15, 0.2) is 0 Å². The summed E-state index contributed by atoms with van der Waals surface area (Å²) < 4.78 is 0. The van der Waals surface area contributed by atoms with E-state index >= 15 is 0 Å². The Kier molecular flexibility index (Phi) is 2.72. The van der Waals surface area contributed by atoms with E-state index in [0.29, 0.717) is 12.5 Å². The topological polar surface area (TPSA) is 29.1 Å². The van der Waals surface area contributed by atoms with Crippen LogP contribution < -0.4 is 5.32 Å². The molecule has 0 saturated heterocycles. The van der Waals surface area contributed by atoms with Crippen molar-refractivity contribution in [3.8, 4) is 0 Å². The van der Waals surface area contributed by atoms with E-state index < -0.39 is 0 Å². The number of nitrogens with one attached hydrogen (secondary N) is 1. The molecule has 0 bridgehead atoms. The second-order valence-electron chi connectivity index (χ2n) is 2.77. The Morgan fingerprint density at radius 1 is 1.50 bits per heavy atom. The molecule has 0 aliphatic heterocycles. The Morgan fingerprint density at radius 3 is 2.60 bits per heavy atom. The molecule has 1 N–H and O–H groups in total. The number of hydrogen-bond donors (Lipinski definition) is 1. The predicted octanol–water partition coefficient (Wildman–Crippen LogP) is 1.13. The molecule has 1 rings (SSSR count). The summed E-state index contributed by atoms with van der Waals surface area (Å²) in [5.74, 6) is 0.495. The number of hydrogen-bond acceptors (Lipinski definition) is 1. The molecule has 0 aromatic carbocycles. The summed E-state index contributed by atoms with van der Waals surface area (Å²) in [5, 5.41) is 2.74. The van der Waals surface area contributed by atoms with Crippen molar-refractivity contribution in [2.24, 2.45) is 5.92 Å². The Hall–Kier alpha value is -0.530. The molecule has 1 aliphatic carbocycles. The van der Waals surface area contributed by atoms with Crippen molar-refractivity contribution in [1.29, 1.82) is 0 Å². The molecule has 0 aromatic heterocycles. The number of carbonyl (C=O) groups is 1. The highest BCUT2D eigenvalue weighted by molar-refractivity contribution is 5.78. The molecule has 0 spiro atoms. The molecule has 0 unspecified atom stereocenters. The van der Waals surface area contributed by atoms with Gasteiger partial charge in [-0.3, -0.25) is 4.79 Å². The lowest BCUT2D eigenvalue weighted by Crippen LogP contribution is -2.28. The van der Waals surface area contributed by atoms with Crippen LogP contribution in [0.15, 0.2) is 0 Å². The second-order valence-corrected chi connectivity index (χ2v) is 2.77. The molecule has 0 aromatic rings. The van der Waals surface area contributed by atoms with Crippen LogP contribution in [0, 0.1) is 12.8 Å². The summed E-state index contributed by atoms with van der Waals surface area (Å²) in [6, 6.07) is 0. The summed E-state index contributed by atoms with van der Waals surface area (Å²) in [4.78, 5) is 11.1. The molecule has 1 saturated carbocycles. The van der Waals surface area contributed by atoms with Gasteiger partial charge in [-0.05, 0) is 19.8 Å². The van der Waals surface area contributed by atoms with E-state index in [4.69, 9.17) is 0 Å². The normalized spacial score (nSPS) is 19.3. The Labute approximate surface area is 62.0 Å². The van der Waals surface area contributed by atoms with Crippen molar-refractivity contribution in [3.05, 3.63) is 6.92 Å². The number of carbonyl (C=O) groups excluding carboxylic acids is 1. The van der Waals surface area contributed by atoms with E-state index in [1.54, 1.807) is 0 Å². The van der Waals surface area contributed by atoms with Crippen molar-refractivity contribution >= 4 is 5.91 Å². The van der Waals surface area contributed by atoms with Gasteiger partial charge < -0.3 is 5.32 Å². The van der Waals surface area contributed by atoms with E-state index in [-0.39, 0.29) is 5.91 Å². The fourth-order valence-corrected chi connectivity index (χ4v) is 1.46. The molecule has 1 amide bonds. The standard InChI is InChI=1S/C8H14NO/c1-2-9-8(10)7-5-3-4-6-7/h7H,1-6H2,(H,9,10). The summed E-state index contributed by atoms with van der Waals surface area (Å²) in [6.45, 7) is 4.09. The minimum atomic E-state index is 0.201. The van der Waals surface area contributed by atoms with Gasteiger partial charge in [0.05, 0.1) is 0 Å². The van der Waals surface area contributed by atoms with Gasteiger partial charge in [0, 0.05) is 12.5 Å². The zero-order valence-corrected chi connectivity index (χ0v) is 6.23. The Morgan fingerprint density at radius 2 is 2.10 bits per heavy atom. The first kappa shape index (κ1) is 7.58. The molecule has 57 valence electrons. The van der Waals surface area contributed by atoms with Crippen molar-refractivity contribution in [2.75, 3.05) is 6.54 Å². The highest BCUT2D eigenvalue weighted by Crippen LogP contribution is 2.24. The van der Waals surface area contributed by atoms with Crippen molar-refractivity contribution in [1.82, 2.24) is 5.32 Å². The first-order chi connectivity index (χ1) is 4.84. The molecule has 2 nitrogen and oxygen atoms in total. The molecule has 1 fully saturated rings. The molecular formula is C8H14NO. The van der Waals surface area contributed by atoms with Gasteiger partial charge >= 0.3 is 0 Å². The lowest BCUT2D eigenvalue weighted by molar-refractivity contribution is -0.124. The van der Waals surface area contributed by atoms with Crippen LogP contribution >= 0.6 is 0 Å². The van der Waals surface area contributed by atoms with E-state index in [0.717, 1.165) is 12.8 Å². The zero-order valence-electron chi connectivity index (χ0n) is 6.23. The van der Waals surface area contributed by atoms with Crippen LogP contribution in [0.5, 0.6) is 0 Å². The summed E-state index contributed by atoms with van der Waals surface area (Å²) in [5.41, 5.74) is 0. The van der Waals surface area contributed by atoms with Crippen LogP contribution in [0.3, 0.4) is 0 Å². The molecule has 0 atom stereocenters. The molecular weight excluding hydrogens is 126 g/mol. The van der Waals surface area contributed by atoms with Gasteiger partial charge in [-0.2, -0.15) is 0 Å². The lowest BCUT2D eigenvalue weighted by atomic mass is 10.1. The van der Waals surface area contributed by atoms with Crippen molar-refractivity contribution in [3.63, 3.8) is 0 Å². The van der Waals surface area contributed by atoms with Crippen LogP contribution in [-0.2, 0) is 4.79 Å². The Balaban J connectivity index is 2.25. The van der Waals surface area contributed by atoms with Crippen LogP contribution in [0.4, 0.5) is 0 Å². The van der Waals surface area contributed by atoms with E-state index in [1.807, 2.05) is 0 Å². The van der Waals surface area contributed by atoms with Crippen molar-refractivity contribution in [2.45, 2.75) is 25.7 Å². The highest BCUT2D eigenvalue weighted by Gasteiger charge is 2.21. The van der Waals surface area contributed by atoms with Gasteiger partial charge in [0.25, 0.3) is 0 Å². The zero-order chi connectivity index (χ0) is 7.40. The predicted molar refractivity (Wildman–Crippen MR) is 40.3 cm³/mol. The quantitative estimate of drug-likeness (QED) is 0.612. The SMILES string of the molecule is [CH2]CNC(=O)C1CCCC1. The fourth-order valence-electron chi connectivity index (χ4n) is 1.46. The second kappa shape index (κ2) is 3.59. The molecule has 2 heteroatoms. The third-order valence-electron chi connectivity index (χ3n) is 2.03. The van der Waals surface area contributed by atoms with Crippen LogP contribution in [0.2, 0.25) is 0 Å². The van der Waals surface area contributed by atoms with Gasteiger partial charge in [-0.15, -0.1) is 0 Å². The lowest BCUT2D eigenvalue weighted by Gasteiger charge is -2.06. The van der Waals surface area contributed by atoms with Gasteiger partial charge in [0.2, 0.25) is 5.91 Å². The monoisotopic (exact) mass is 140 g/mol. The average Bonchev–Trinajstić information content (AvgIpc) is 2.38. The summed E-state index contributed by atoms with van der Waals surface area (Å²) >= 11 is 0. The highest BCUT2D eigenvalue weighted by atomic mass is 16.1. The first-order valence-electron chi connectivity index (χ1n) is 3.91. The maximum absolute atomic E-state index is 11.1. The maximum Gasteiger partial charge on any atom is 0.223 e. The van der Waals surface area contributed by atoms with Gasteiger partial charge in [0.1, 0.15) is 0 Å². The molecule has 1 radical (unpaired) electrons. The van der Waals surface area contributed by atoms with E-state index in [2.05, 4.69) is 12.2 Å². The largest absolute Gasteiger partial charge is 0.356 e. The average molecular weight is 140 g/mol. The first-order valence-corrected chi connectivity index (χ1v) is 3.91. The van der Waals surface area contributed by atoms with Gasteiger partial charge in [-0.1, -0.05) is 12.8 Å². The third kappa shape index (κ3) is 1.72. The van der Waals surface area contributed by atoms with Crippen LogP contribution in [-0.4, -0.2) is 12.5 Å². The third-order valence-corrected chi connectivity index (χ3v) is 2.03. The maximum atomic E-state index is 11.1. The molecule has 10 heavy (non-hydrogen) atoms. The molecule has 0 heterocycles. The Bertz CT molecular complexity index is 116. The van der Waals surface area contributed by atoms with E-state index in [1.165, 1.54) is 12.8 Å². The van der Waals surface area contributed by atoms with Gasteiger partial charge in [-0.25, -0.2) is 0 Å². The van der Waals surface area contributed by atoms with Crippen LogP contribution in [0.1, 0.15) is 25.7 Å².